The summed E-state index contributed by atoms with van der Waals surface area (Å²) < 4.78 is 5.04. The number of hydrogen-bond donors (Lipinski definition) is 1. The molecule has 0 bridgehead atoms. The number of carbonyl (C=O) groups is 2. The Morgan fingerprint density at radius 2 is 2.08 bits per heavy atom. The standard InChI is InChI=1S/C19H22N2O3S/c1-3-9-24-18(23)12-25-19-16(11-20)15(10-17(22)21-19)14-7-5-13(4-2)6-8-14/h5-8,15H,3-4,9-10,12H2,1-2H3,(H,21,22). The average Bonchev–Trinajstić information content (AvgIpc) is 2.64. The number of amides is 1. The monoisotopic (exact) mass is 358 g/mol. The largest absolute Gasteiger partial charge is 0.465 e. The second kappa shape index (κ2) is 9.28. The molecule has 0 saturated heterocycles. The van der Waals surface area contributed by atoms with Crippen LogP contribution in [0, 0.1) is 11.3 Å². The van der Waals surface area contributed by atoms with E-state index in [9.17, 15) is 14.9 Å². The topological polar surface area (TPSA) is 79.2 Å². The second-order valence-electron chi connectivity index (χ2n) is 5.76. The first-order valence-electron chi connectivity index (χ1n) is 8.40. The van der Waals surface area contributed by atoms with E-state index < -0.39 is 0 Å². The maximum atomic E-state index is 12.1. The van der Waals surface area contributed by atoms with Crippen molar-refractivity contribution in [1.82, 2.24) is 5.32 Å². The molecule has 5 nitrogen and oxygen atoms in total. The number of ether oxygens (including phenoxy) is 1. The van der Waals surface area contributed by atoms with Gasteiger partial charge in [0.15, 0.2) is 0 Å². The molecule has 0 saturated carbocycles. The molecule has 1 N–H and O–H groups in total. The molecule has 0 spiro atoms. The third-order valence-corrected chi connectivity index (χ3v) is 4.94. The summed E-state index contributed by atoms with van der Waals surface area (Å²) in [5.41, 5.74) is 2.65. The second-order valence-corrected chi connectivity index (χ2v) is 6.75. The summed E-state index contributed by atoms with van der Waals surface area (Å²) in [7, 11) is 0. The molecule has 0 radical (unpaired) electrons. The lowest BCUT2D eigenvalue weighted by Gasteiger charge is -2.25. The third kappa shape index (κ3) is 5.10. The smallest absolute Gasteiger partial charge is 0.316 e. The first kappa shape index (κ1) is 19.1. The van der Waals surface area contributed by atoms with E-state index in [2.05, 4.69) is 18.3 Å². The van der Waals surface area contributed by atoms with Gasteiger partial charge in [-0.25, -0.2) is 0 Å². The fourth-order valence-corrected chi connectivity index (χ4v) is 3.47. The van der Waals surface area contributed by atoms with Gasteiger partial charge >= 0.3 is 5.97 Å². The Morgan fingerprint density at radius 1 is 1.36 bits per heavy atom. The quantitative estimate of drug-likeness (QED) is 0.757. The van der Waals surface area contributed by atoms with Crippen molar-refractivity contribution < 1.29 is 14.3 Å². The predicted octanol–water partition coefficient (Wildman–Crippen LogP) is 3.27. The van der Waals surface area contributed by atoms with Crippen molar-refractivity contribution in [3.05, 3.63) is 46.0 Å². The van der Waals surface area contributed by atoms with Gasteiger partial charge in [-0.3, -0.25) is 9.59 Å². The van der Waals surface area contributed by atoms with E-state index in [1.807, 2.05) is 31.2 Å². The van der Waals surface area contributed by atoms with Crippen LogP contribution in [0.1, 0.15) is 43.7 Å². The molecule has 1 unspecified atom stereocenters. The highest BCUT2D eigenvalue weighted by Gasteiger charge is 2.29. The van der Waals surface area contributed by atoms with E-state index in [4.69, 9.17) is 4.74 Å². The lowest BCUT2D eigenvalue weighted by atomic mass is 9.86. The number of hydrogen-bond acceptors (Lipinski definition) is 5. The summed E-state index contributed by atoms with van der Waals surface area (Å²) in [4.78, 5) is 23.8. The van der Waals surface area contributed by atoms with Crippen molar-refractivity contribution in [3.63, 3.8) is 0 Å². The molecule has 1 aromatic rings. The lowest BCUT2D eigenvalue weighted by Crippen LogP contribution is -2.31. The predicted molar refractivity (Wildman–Crippen MR) is 97.7 cm³/mol. The van der Waals surface area contributed by atoms with Gasteiger partial charge in [0.2, 0.25) is 5.91 Å². The number of nitrogens with one attached hydrogen (secondary N) is 1. The van der Waals surface area contributed by atoms with E-state index in [-0.39, 0.29) is 30.0 Å². The van der Waals surface area contributed by atoms with Gasteiger partial charge in [0, 0.05) is 12.3 Å². The number of nitriles is 1. The minimum atomic E-state index is -0.347. The molecule has 1 amide bonds. The van der Waals surface area contributed by atoms with Crippen molar-refractivity contribution in [2.24, 2.45) is 0 Å². The van der Waals surface area contributed by atoms with Gasteiger partial charge in [0.05, 0.1) is 29.0 Å². The van der Waals surface area contributed by atoms with E-state index in [0.29, 0.717) is 17.2 Å². The summed E-state index contributed by atoms with van der Waals surface area (Å²) in [6.07, 6.45) is 1.93. The maximum Gasteiger partial charge on any atom is 0.316 e. The van der Waals surface area contributed by atoms with Gasteiger partial charge < -0.3 is 10.1 Å². The van der Waals surface area contributed by atoms with E-state index in [1.54, 1.807) is 0 Å². The summed E-state index contributed by atoms with van der Waals surface area (Å²) in [6, 6.07) is 10.2. The molecule has 0 fully saturated rings. The van der Waals surface area contributed by atoms with Crippen molar-refractivity contribution in [2.75, 3.05) is 12.4 Å². The zero-order chi connectivity index (χ0) is 18.2. The van der Waals surface area contributed by atoms with Gasteiger partial charge in [-0.1, -0.05) is 49.9 Å². The van der Waals surface area contributed by atoms with Gasteiger partial charge in [0.1, 0.15) is 0 Å². The number of allylic oxidation sites excluding steroid dienone is 1. The summed E-state index contributed by atoms with van der Waals surface area (Å²) in [6.45, 7) is 4.38. The maximum absolute atomic E-state index is 12.1. The van der Waals surface area contributed by atoms with Gasteiger partial charge in [-0.05, 0) is 24.0 Å². The Labute approximate surface area is 152 Å². The summed E-state index contributed by atoms with van der Waals surface area (Å²) in [5.74, 6) is -0.699. The van der Waals surface area contributed by atoms with Gasteiger partial charge in [-0.15, -0.1) is 0 Å². The van der Waals surface area contributed by atoms with Crippen LogP contribution in [0.2, 0.25) is 0 Å². The molecular formula is C19H22N2O3S. The van der Waals surface area contributed by atoms with E-state index in [0.717, 1.165) is 30.2 Å². The Morgan fingerprint density at radius 3 is 2.68 bits per heavy atom. The molecule has 1 heterocycles. The average molecular weight is 358 g/mol. The van der Waals surface area contributed by atoms with Crippen LogP contribution in [-0.4, -0.2) is 24.2 Å². The highest BCUT2D eigenvalue weighted by Crippen LogP contribution is 2.36. The minimum absolute atomic E-state index is 0.0717. The van der Waals surface area contributed by atoms with E-state index >= 15 is 0 Å². The SMILES string of the molecule is CCCOC(=O)CSC1=C(C#N)C(c2ccc(CC)cc2)CC(=O)N1. The normalized spacial score (nSPS) is 17.0. The summed E-state index contributed by atoms with van der Waals surface area (Å²) >= 11 is 1.15. The fraction of sp³-hybridized carbons (Fsp3) is 0.421. The zero-order valence-corrected chi connectivity index (χ0v) is 15.3. The molecular weight excluding hydrogens is 336 g/mol. The molecule has 25 heavy (non-hydrogen) atoms. The molecule has 0 aromatic heterocycles. The Balaban J connectivity index is 2.20. The van der Waals surface area contributed by atoms with Crippen LogP contribution in [0.25, 0.3) is 0 Å². The number of carbonyl (C=O) groups excluding carboxylic acids is 2. The van der Waals surface area contributed by atoms with Crippen molar-refractivity contribution in [3.8, 4) is 6.07 Å². The Kier molecular flexibility index (Phi) is 7.08. The molecule has 1 atom stereocenters. The number of thioether (sulfide) groups is 1. The van der Waals surface area contributed by atoms with Gasteiger partial charge in [-0.2, -0.15) is 5.26 Å². The first-order chi connectivity index (χ1) is 12.1. The number of nitrogens with zero attached hydrogens (tertiary/aromatic N) is 1. The fourth-order valence-electron chi connectivity index (χ4n) is 2.59. The summed E-state index contributed by atoms with van der Waals surface area (Å²) in [5, 5.41) is 12.8. The van der Waals surface area contributed by atoms with Crippen LogP contribution < -0.4 is 5.32 Å². The van der Waals surface area contributed by atoms with Crippen LogP contribution in [0.4, 0.5) is 0 Å². The molecule has 6 heteroatoms. The zero-order valence-electron chi connectivity index (χ0n) is 14.5. The highest BCUT2D eigenvalue weighted by atomic mass is 32.2. The van der Waals surface area contributed by atoms with Crippen molar-refractivity contribution >= 4 is 23.6 Å². The number of benzene rings is 1. The molecule has 0 aliphatic carbocycles. The Bertz CT molecular complexity index is 704. The third-order valence-electron chi connectivity index (χ3n) is 3.95. The van der Waals surface area contributed by atoms with Crippen LogP contribution in [0.15, 0.2) is 34.9 Å². The Hall–Kier alpha value is -2.26. The number of rotatable bonds is 7. The molecule has 1 aliphatic heterocycles. The van der Waals surface area contributed by atoms with Crippen molar-refractivity contribution in [1.29, 1.82) is 5.26 Å². The molecule has 1 aliphatic rings. The van der Waals surface area contributed by atoms with Crippen LogP contribution >= 0.6 is 11.8 Å². The minimum Gasteiger partial charge on any atom is -0.465 e. The molecule has 2 rings (SSSR count). The van der Waals surface area contributed by atoms with Crippen LogP contribution in [0.3, 0.4) is 0 Å². The lowest BCUT2D eigenvalue weighted by molar-refractivity contribution is -0.140. The van der Waals surface area contributed by atoms with Crippen LogP contribution in [0.5, 0.6) is 0 Å². The number of aryl methyl sites for hydroxylation is 1. The van der Waals surface area contributed by atoms with Gasteiger partial charge in [0.25, 0.3) is 0 Å². The van der Waals surface area contributed by atoms with Crippen molar-refractivity contribution in [2.45, 2.75) is 39.0 Å². The van der Waals surface area contributed by atoms with E-state index in [1.165, 1.54) is 5.56 Å². The first-order valence-corrected chi connectivity index (χ1v) is 9.38. The molecule has 132 valence electrons. The van der Waals surface area contributed by atoms with Crippen LogP contribution in [-0.2, 0) is 20.7 Å². The molecule has 1 aromatic carbocycles. The number of esters is 1. The highest BCUT2D eigenvalue weighted by molar-refractivity contribution is 8.03.